The molecule has 2 aliphatic heterocycles. The highest BCUT2D eigenvalue weighted by Crippen LogP contribution is 2.23. The molecule has 8 heteroatoms. The van der Waals surface area contributed by atoms with Crippen LogP contribution >= 0.6 is 11.3 Å². The zero-order chi connectivity index (χ0) is 19.3. The molecule has 1 N–H and O–H groups in total. The zero-order valence-electron chi connectivity index (χ0n) is 16.3. The van der Waals surface area contributed by atoms with Gasteiger partial charge in [-0.2, -0.15) is 0 Å². The van der Waals surface area contributed by atoms with Crippen molar-refractivity contribution >= 4 is 23.2 Å². The van der Waals surface area contributed by atoms with E-state index in [1.165, 1.54) is 11.8 Å². The molecule has 0 spiro atoms. The summed E-state index contributed by atoms with van der Waals surface area (Å²) in [4.78, 5) is 24.9. The van der Waals surface area contributed by atoms with Crippen LogP contribution in [0, 0.1) is 0 Å². The molecule has 2 aromatic heterocycles. The summed E-state index contributed by atoms with van der Waals surface area (Å²) < 4.78 is 5.23. The number of nitrogens with zero attached hydrogens (tertiary/aromatic N) is 4. The van der Waals surface area contributed by atoms with Gasteiger partial charge in [0.2, 0.25) is 0 Å². The van der Waals surface area contributed by atoms with Crippen molar-refractivity contribution in [3.8, 4) is 0 Å². The lowest BCUT2D eigenvalue weighted by atomic mass is 10.1. The number of furan rings is 1. The summed E-state index contributed by atoms with van der Waals surface area (Å²) in [5, 5.41) is 5.69. The summed E-state index contributed by atoms with van der Waals surface area (Å²) in [6.07, 6.45) is 2.70. The van der Waals surface area contributed by atoms with Gasteiger partial charge in [0, 0.05) is 64.3 Å². The van der Waals surface area contributed by atoms with Gasteiger partial charge in [0.15, 0.2) is 11.7 Å². The highest BCUT2D eigenvalue weighted by atomic mass is 32.1. The number of amides is 1. The van der Waals surface area contributed by atoms with E-state index in [9.17, 15) is 4.79 Å². The van der Waals surface area contributed by atoms with E-state index in [1.54, 1.807) is 17.0 Å². The standard InChI is InChI=1S/C20H27N5O2S/c1-21-20(22-6-8-23-7-4-18-16(15-23)5-14-28-18)25-11-9-24(10-12-25)19(26)17-3-2-13-27-17/h2-3,5,13-14H,4,6-12,15H2,1H3,(H,21,22). The molecule has 0 aliphatic carbocycles. The van der Waals surface area contributed by atoms with Crippen molar-refractivity contribution in [2.75, 3.05) is 52.9 Å². The zero-order valence-corrected chi connectivity index (χ0v) is 17.1. The molecule has 7 nitrogen and oxygen atoms in total. The number of rotatable bonds is 4. The summed E-state index contributed by atoms with van der Waals surface area (Å²) in [6, 6.07) is 5.72. The Balaban J connectivity index is 1.21. The van der Waals surface area contributed by atoms with Crippen LogP contribution in [0.5, 0.6) is 0 Å². The van der Waals surface area contributed by atoms with E-state index >= 15 is 0 Å². The van der Waals surface area contributed by atoms with Gasteiger partial charge >= 0.3 is 0 Å². The van der Waals surface area contributed by atoms with Crippen molar-refractivity contribution in [1.29, 1.82) is 0 Å². The number of aliphatic imine (C=N–C) groups is 1. The Morgan fingerprint density at radius 1 is 1.21 bits per heavy atom. The first-order chi connectivity index (χ1) is 13.7. The fourth-order valence-corrected chi connectivity index (χ4v) is 4.72. The molecule has 1 fully saturated rings. The van der Waals surface area contributed by atoms with Crippen molar-refractivity contribution in [3.05, 3.63) is 46.0 Å². The molecule has 4 rings (SSSR count). The van der Waals surface area contributed by atoms with Gasteiger partial charge in [-0.25, -0.2) is 0 Å². The quantitative estimate of drug-likeness (QED) is 0.625. The molecule has 0 radical (unpaired) electrons. The fraction of sp³-hybridized carbons (Fsp3) is 0.500. The summed E-state index contributed by atoms with van der Waals surface area (Å²) in [6.45, 7) is 6.94. The Hall–Kier alpha value is -2.32. The first-order valence-electron chi connectivity index (χ1n) is 9.80. The number of carbonyl (C=O) groups excluding carboxylic acids is 1. The largest absolute Gasteiger partial charge is 0.459 e. The Kier molecular flexibility index (Phi) is 5.97. The molecule has 1 amide bonds. The third-order valence-electron chi connectivity index (χ3n) is 5.41. The maximum Gasteiger partial charge on any atom is 0.289 e. The number of guanidine groups is 1. The lowest BCUT2D eigenvalue weighted by molar-refractivity contribution is 0.0657. The van der Waals surface area contributed by atoms with Gasteiger partial charge in [0.1, 0.15) is 0 Å². The molecule has 0 unspecified atom stereocenters. The lowest BCUT2D eigenvalue weighted by Gasteiger charge is -2.36. The van der Waals surface area contributed by atoms with Crippen LogP contribution in [-0.4, -0.2) is 79.4 Å². The third kappa shape index (κ3) is 4.23. The molecule has 0 atom stereocenters. The molecular weight excluding hydrogens is 374 g/mol. The summed E-state index contributed by atoms with van der Waals surface area (Å²) in [7, 11) is 1.82. The molecule has 2 aromatic rings. The predicted octanol–water partition coefficient (Wildman–Crippen LogP) is 1.73. The second kappa shape index (κ2) is 8.79. The van der Waals surface area contributed by atoms with Gasteiger partial charge in [-0.3, -0.25) is 14.7 Å². The van der Waals surface area contributed by atoms with Crippen LogP contribution in [0.25, 0.3) is 0 Å². The van der Waals surface area contributed by atoms with Crippen molar-refractivity contribution in [2.24, 2.45) is 4.99 Å². The van der Waals surface area contributed by atoms with Crippen molar-refractivity contribution in [2.45, 2.75) is 13.0 Å². The normalized spacial score (nSPS) is 18.2. The topological polar surface area (TPSA) is 64.3 Å². The van der Waals surface area contributed by atoms with Gasteiger partial charge in [-0.1, -0.05) is 0 Å². The molecule has 4 heterocycles. The molecule has 0 saturated carbocycles. The third-order valence-corrected chi connectivity index (χ3v) is 6.43. The van der Waals surface area contributed by atoms with Crippen LogP contribution in [0.3, 0.4) is 0 Å². The number of piperazine rings is 1. The van der Waals surface area contributed by atoms with E-state index in [2.05, 4.69) is 31.6 Å². The predicted molar refractivity (Wildman–Crippen MR) is 111 cm³/mol. The Morgan fingerprint density at radius 2 is 2.04 bits per heavy atom. The van der Waals surface area contributed by atoms with Crippen LogP contribution in [-0.2, 0) is 13.0 Å². The maximum absolute atomic E-state index is 12.4. The summed E-state index contributed by atoms with van der Waals surface area (Å²) >= 11 is 1.88. The number of fused-ring (bicyclic) bond motifs is 1. The number of hydrogen-bond donors (Lipinski definition) is 1. The highest BCUT2D eigenvalue weighted by molar-refractivity contribution is 7.10. The fourth-order valence-electron chi connectivity index (χ4n) is 3.83. The molecule has 1 saturated heterocycles. The SMILES string of the molecule is CN=C(NCCN1CCc2sccc2C1)N1CCN(C(=O)c2ccco2)CC1. The first kappa shape index (κ1) is 19.0. The minimum atomic E-state index is -0.0366. The molecule has 28 heavy (non-hydrogen) atoms. The van der Waals surface area contributed by atoms with Crippen LogP contribution in [0.1, 0.15) is 21.0 Å². The number of thiophene rings is 1. The monoisotopic (exact) mass is 401 g/mol. The van der Waals surface area contributed by atoms with Crippen LogP contribution < -0.4 is 5.32 Å². The molecule has 0 aromatic carbocycles. The molecule has 2 aliphatic rings. The van der Waals surface area contributed by atoms with Crippen LogP contribution in [0.4, 0.5) is 0 Å². The molecular formula is C20H27N5O2S. The minimum absolute atomic E-state index is 0.0366. The van der Waals surface area contributed by atoms with E-state index in [0.717, 1.165) is 51.6 Å². The van der Waals surface area contributed by atoms with Crippen LogP contribution in [0.15, 0.2) is 39.3 Å². The van der Waals surface area contributed by atoms with Gasteiger partial charge in [0.25, 0.3) is 5.91 Å². The Labute approximate surface area is 169 Å². The number of hydrogen-bond acceptors (Lipinski definition) is 5. The van der Waals surface area contributed by atoms with Gasteiger partial charge in [-0.15, -0.1) is 11.3 Å². The molecule has 150 valence electrons. The second-order valence-corrected chi connectivity index (χ2v) is 8.13. The highest BCUT2D eigenvalue weighted by Gasteiger charge is 2.25. The Morgan fingerprint density at radius 3 is 2.79 bits per heavy atom. The lowest BCUT2D eigenvalue weighted by Crippen LogP contribution is -2.54. The number of carbonyl (C=O) groups is 1. The van der Waals surface area contributed by atoms with Gasteiger partial charge in [-0.05, 0) is 35.6 Å². The van der Waals surface area contributed by atoms with Crippen molar-refractivity contribution in [1.82, 2.24) is 20.0 Å². The van der Waals surface area contributed by atoms with Gasteiger partial charge in [0.05, 0.1) is 6.26 Å². The van der Waals surface area contributed by atoms with Crippen molar-refractivity contribution < 1.29 is 9.21 Å². The summed E-state index contributed by atoms with van der Waals surface area (Å²) in [5.41, 5.74) is 1.48. The minimum Gasteiger partial charge on any atom is -0.459 e. The average Bonchev–Trinajstić information content (AvgIpc) is 3.42. The van der Waals surface area contributed by atoms with Crippen LogP contribution in [0.2, 0.25) is 0 Å². The van der Waals surface area contributed by atoms with Gasteiger partial charge < -0.3 is 19.5 Å². The smallest absolute Gasteiger partial charge is 0.289 e. The van der Waals surface area contributed by atoms with E-state index in [-0.39, 0.29) is 5.91 Å². The maximum atomic E-state index is 12.4. The van der Waals surface area contributed by atoms with Crippen molar-refractivity contribution in [3.63, 3.8) is 0 Å². The van der Waals surface area contributed by atoms with E-state index in [4.69, 9.17) is 4.42 Å². The first-order valence-corrected chi connectivity index (χ1v) is 10.7. The van der Waals surface area contributed by atoms with E-state index < -0.39 is 0 Å². The second-order valence-electron chi connectivity index (χ2n) is 7.13. The van der Waals surface area contributed by atoms with E-state index in [1.807, 2.05) is 23.3 Å². The summed E-state index contributed by atoms with van der Waals surface area (Å²) in [5.74, 6) is 1.29. The van der Waals surface area contributed by atoms with E-state index in [0.29, 0.717) is 18.8 Å². The molecule has 0 bridgehead atoms. The number of nitrogens with one attached hydrogen (secondary N) is 1. The average molecular weight is 402 g/mol. The Bertz CT molecular complexity index is 808.